The Hall–Kier alpha value is -2.83. The fourth-order valence-corrected chi connectivity index (χ4v) is 3.21. The number of anilines is 1. The van der Waals surface area contributed by atoms with E-state index in [1.165, 1.54) is 12.1 Å². The van der Waals surface area contributed by atoms with Gasteiger partial charge in [0.25, 0.3) is 0 Å². The molecular weight excluding hydrogens is 357 g/mol. The topological polar surface area (TPSA) is 49.4 Å². The lowest BCUT2D eigenvalue weighted by atomic mass is 10.1. The van der Waals surface area contributed by atoms with Crippen LogP contribution >= 0.6 is 0 Å². The number of hydrogen-bond acceptors (Lipinski definition) is 2. The molecule has 1 aliphatic heterocycles. The number of rotatable bonds is 4. The number of carbonyl (C=O) groups excluding carboxylic acids is 2. The van der Waals surface area contributed by atoms with Crippen LogP contribution in [0.5, 0.6) is 0 Å². The van der Waals surface area contributed by atoms with Gasteiger partial charge in [-0.2, -0.15) is 13.2 Å². The number of benzene rings is 2. The van der Waals surface area contributed by atoms with Gasteiger partial charge in [0.05, 0.1) is 17.5 Å². The highest BCUT2D eigenvalue weighted by Gasteiger charge is 2.37. The molecule has 0 unspecified atom stereocenters. The zero-order valence-electron chi connectivity index (χ0n) is 14.7. The molecule has 1 aliphatic rings. The third kappa shape index (κ3) is 4.30. The summed E-state index contributed by atoms with van der Waals surface area (Å²) in [5, 5.41) is 2.50. The molecule has 2 atom stereocenters. The lowest BCUT2D eigenvalue weighted by molar-refractivity contribution is -0.137. The number of carbonyl (C=O) groups is 2. The lowest BCUT2D eigenvalue weighted by Crippen LogP contribution is -2.30. The van der Waals surface area contributed by atoms with Crippen LogP contribution in [0.3, 0.4) is 0 Å². The number of amides is 2. The molecule has 1 fully saturated rings. The van der Waals surface area contributed by atoms with Crippen molar-refractivity contribution in [1.82, 2.24) is 4.90 Å². The molecule has 0 bridgehead atoms. The average molecular weight is 376 g/mol. The Morgan fingerprint density at radius 3 is 2.52 bits per heavy atom. The maximum Gasteiger partial charge on any atom is 0.416 e. The highest BCUT2D eigenvalue weighted by Crippen LogP contribution is 2.32. The second kappa shape index (κ2) is 7.42. The lowest BCUT2D eigenvalue weighted by Gasteiger charge is -2.25. The van der Waals surface area contributed by atoms with Gasteiger partial charge in [0.1, 0.15) is 0 Å². The standard InChI is InChI=1S/C20H19F3N2O2/c1-13(14-6-3-2-4-7-14)25-12-15(10-18(25)26)19(27)24-17-9-5-8-16(11-17)20(21,22)23/h2-9,11,13,15H,10,12H2,1H3,(H,24,27)/t13-,15+/m1/s1. The monoisotopic (exact) mass is 376 g/mol. The Bertz CT molecular complexity index is 837. The highest BCUT2D eigenvalue weighted by molar-refractivity contribution is 5.97. The normalized spacial score (nSPS) is 18.4. The summed E-state index contributed by atoms with van der Waals surface area (Å²) in [4.78, 5) is 26.4. The number of likely N-dealkylation sites (tertiary alicyclic amines) is 1. The van der Waals surface area contributed by atoms with E-state index in [0.717, 1.165) is 17.7 Å². The molecular formula is C20H19F3N2O2. The maximum atomic E-state index is 12.8. The molecule has 0 saturated carbocycles. The third-order valence-corrected chi connectivity index (χ3v) is 4.74. The fourth-order valence-electron chi connectivity index (χ4n) is 3.21. The molecule has 4 nitrogen and oxygen atoms in total. The molecule has 2 amide bonds. The molecule has 27 heavy (non-hydrogen) atoms. The summed E-state index contributed by atoms with van der Waals surface area (Å²) >= 11 is 0. The zero-order chi connectivity index (χ0) is 19.6. The Morgan fingerprint density at radius 1 is 1.15 bits per heavy atom. The SMILES string of the molecule is C[C@H](c1ccccc1)N1C[C@@H](C(=O)Nc2cccc(C(F)(F)F)c2)CC1=O. The summed E-state index contributed by atoms with van der Waals surface area (Å²) in [5.74, 6) is -1.20. The van der Waals surface area contributed by atoms with Gasteiger partial charge in [0, 0.05) is 18.7 Å². The fraction of sp³-hybridized carbons (Fsp3) is 0.300. The van der Waals surface area contributed by atoms with Gasteiger partial charge >= 0.3 is 6.18 Å². The van der Waals surface area contributed by atoms with Crippen molar-refractivity contribution in [1.29, 1.82) is 0 Å². The van der Waals surface area contributed by atoms with Crippen molar-refractivity contribution >= 4 is 17.5 Å². The van der Waals surface area contributed by atoms with Crippen LogP contribution in [0, 0.1) is 5.92 Å². The number of hydrogen-bond donors (Lipinski definition) is 1. The van der Waals surface area contributed by atoms with Gasteiger partial charge in [-0.25, -0.2) is 0 Å². The summed E-state index contributed by atoms with van der Waals surface area (Å²) in [6, 6.07) is 13.8. The Balaban J connectivity index is 1.68. The van der Waals surface area contributed by atoms with Crippen LogP contribution in [-0.4, -0.2) is 23.3 Å². The molecule has 0 radical (unpaired) electrons. The van der Waals surface area contributed by atoms with E-state index < -0.39 is 23.6 Å². The second-order valence-corrected chi connectivity index (χ2v) is 6.60. The van der Waals surface area contributed by atoms with Crippen LogP contribution < -0.4 is 5.32 Å². The molecule has 1 heterocycles. The van der Waals surface area contributed by atoms with Crippen LogP contribution in [0.4, 0.5) is 18.9 Å². The molecule has 1 saturated heterocycles. The van der Waals surface area contributed by atoms with E-state index in [-0.39, 0.29) is 30.6 Å². The van der Waals surface area contributed by atoms with Crippen molar-refractivity contribution in [3.8, 4) is 0 Å². The Labute approximate surface area is 155 Å². The number of halogens is 3. The minimum atomic E-state index is -4.48. The van der Waals surface area contributed by atoms with Gasteiger partial charge in [-0.05, 0) is 30.7 Å². The van der Waals surface area contributed by atoms with E-state index >= 15 is 0 Å². The first-order chi connectivity index (χ1) is 12.8. The van der Waals surface area contributed by atoms with Crippen molar-refractivity contribution < 1.29 is 22.8 Å². The molecule has 2 aromatic rings. The zero-order valence-corrected chi connectivity index (χ0v) is 14.7. The summed E-state index contributed by atoms with van der Waals surface area (Å²) in [7, 11) is 0. The second-order valence-electron chi connectivity index (χ2n) is 6.60. The van der Waals surface area contributed by atoms with E-state index in [4.69, 9.17) is 0 Å². The van der Waals surface area contributed by atoms with Gasteiger partial charge in [0.15, 0.2) is 0 Å². The molecule has 3 rings (SSSR count). The van der Waals surface area contributed by atoms with E-state index in [9.17, 15) is 22.8 Å². The molecule has 0 aromatic heterocycles. The van der Waals surface area contributed by atoms with Gasteiger partial charge in [-0.3, -0.25) is 9.59 Å². The van der Waals surface area contributed by atoms with E-state index in [1.54, 1.807) is 4.90 Å². The molecule has 1 N–H and O–H groups in total. The Kier molecular flexibility index (Phi) is 5.21. The highest BCUT2D eigenvalue weighted by atomic mass is 19.4. The largest absolute Gasteiger partial charge is 0.416 e. The third-order valence-electron chi connectivity index (χ3n) is 4.74. The minimum Gasteiger partial charge on any atom is -0.335 e. The van der Waals surface area contributed by atoms with Gasteiger partial charge < -0.3 is 10.2 Å². The van der Waals surface area contributed by atoms with Crippen molar-refractivity contribution in [2.75, 3.05) is 11.9 Å². The number of alkyl halides is 3. The maximum absolute atomic E-state index is 12.8. The molecule has 7 heteroatoms. The predicted octanol–water partition coefficient (Wildman–Crippen LogP) is 4.25. The molecule has 0 spiro atoms. The van der Waals surface area contributed by atoms with Crippen LogP contribution in [0.2, 0.25) is 0 Å². The summed E-state index contributed by atoms with van der Waals surface area (Å²) in [6.07, 6.45) is -4.44. The van der Waals surface area contributed by atoms with Crippen LogP contribution in [0.15, 0.2) is 54.6 Å². The number of nitrogens with zero attached hydrogens (tertiary/aromatic N) is 1. The minimum absolute atomic E-state index is 0.0436. The first kappa shape index (κ1) is 18.9. The molecule has 2 aromatic carbocycles. The van der Waals surface area contributed by atoms with E-state index in [0.29, 0.717) is 0 Å². The smallest absolute Gasteiger partial charge is 0.335 e. The van der Waals surface area contributed by atoms with Crippen molar-refractivity contribution in [3.63, 3.8) is 0 Å². The number of nitrogens with one attached hydrogen (secondary N) is 1. The van der Waals surface area contributed by atoms with E-state index in [2.05, 4.69) is 5.32 Å². The van der Waals surface area contributed by atoms with Crippen molar-refractivity contribution in [3.05, 3.63) is 65.7 Å². The predicted molar refractivity (Wildman–Crippen MR) is 94.8 cm³/mol. The van der Waals surface area contributed by atoms with Gasteiger partial charge in [0.2, 0.25) is 11.8 Å². The summed E-state index contributed by atoms with van der Waals surface area (Å²) in [6.45, 7) is 2.13. The first-order valence-electron chi connectivity index (χ1n) is 8.58. The molecule has 142 valence electrons. The quantitative estimate of drug-likeness (QED) is 0.867. The average Bonchev–Trinajstić information content (AvgIpc) is 3.03. The van der Waals surface area contributed by atoms with Crippen molar-refractivity contribution in [2.45, 2.75) is 25.6 Å². The van der Waals surface area contributed by atoms with Gasteiger partial charge in [-0.15, -0.1) is 0 Å². The van der Waals surface area contributed by atoms with Crippen molar-refractivity contribution in [2.24, 2.45) is 5.92 Å². The Morgan fingerprint density at radius 2 is 1.85 bits per heavy atom. The summed E-state index contributed by atoms with van der Waals surface area (Å²) in [5.41, 5.74) is 0.198. The summed E-state index contributed by atoms with van der Waals surface area (Å²) < 4.78 is 38.4. The molecule has 0 aliphatic carbocycles. The van der Waals surface area contributed by atoms with Gasteiger partial charge in [-0.1, -0.05) is 36.4 Å². The van der Waals surface area contributed by atoms with Crippen LogP contribution in [-0.2, 0) is 15.8 Å². The van der Waals surface area contributed by atoms with Crippen LogP contribution in [0.1, 0.15) is 30.5 Å². The van der Waals surface area contributed by atoms with Crippen LogP contribution in [0.25, 0.3) is 0 Å². The van der Waals surface area contributed by atoms with E-state index in [1.807, 2.05) is 37.3 Å². The first-order valence-corrected chi connectivity index (χ1v) is 8.58.